The van der Waals surface area contributed by atoms with Crippen molar-refractivity contribution in [3.05, 3.63) is 0 Å². The van der Waals surface area contributed by atoms with E-state index in [9.17, 15) is 0 Å². The maximum Gasteiger partial charge on any atom is 0.0148 e. The Balaban J connectivity index is 3.55. The molecule has 0 aliphatic carbocycles. The van der Waals surface area contributed by atoms with Crippen LogP contribution in [0.2, 0.25) is 0 Å². The molecule has 1 N–H and O–H groups in total. The predicted octanol–water partition coefficient (Wildman–Crippen LogP) is 4.23. The molecule has 0 amide bonds. The monoisotopic (exact) mass is 213 g/mol. The third-order valence-corrected chi connectivity index (χ3v) is 3.38. The van der Waals surface area contributed by atoms with E-state index in [-0.39, 0.29) is 5.54 Å². The summed E-state index contributed by atoms with van der Waals surface area (Å²) in [5.74, 6) is 0.695. The molecule has 0 aromatic heterocycles. The van der Waals surface area contributed by atoms with Crippen LogP contribution in [-0.2, 0) is 0 Å². The molecule has 0 unspecified atom stereocenters. The third-order valence-electron chi connectivity index (χ3n) is 3.38. The summed E-state index contributed by atoms with van der Waals surface area (Å²) in [5.41, 5.74) is 0.773. The van der Waals surface area contributed by atoms with E-state index in [4.69, 9.17) is 0 Å². The molecule has 15 heavy (non-hydrogen) atoms. The fraction of sp³-hybridized carbons (Fsp3) is 1.00. The van der Waals surface area contributed by atoms with Crippen LogP contribution < -0.4 is 5.32 Å². The maximum atomic E-state index is 3.64. The van der Waals surface area contributed by atoms with Crippen molar-refractivity contribution in [2.24, 2.45) is 11.3 Å². The summed E-state index contributed by atoms with van der Waals surface area (Å²) in [6.45, 7) is 17.3. The van der Waals surface area contributed by atoms with E-state index >= 15 is 0 Å². The fourth-order valence-electron chi connectivity index (χ4n) is 1.40. The van der Waals surface area contributed by atoms with Crippen molar-refractivity contribution in [2.45, 2.75) is 73.3 Å². The van der Waals surface area contributed by atoms with Gasteiger partial charge in [0.15, 0.2) is 0 Å². The van der Waals surface area contributed by atoms with Gasteiger partial charge < -0.3 is 5.32 Å². The Morgan fingerprint density at radius 2 is 1.47 bits per heavy atom. The van der Waals surface area contributed by atoms with Gasteiger partial charge >= 0.3 is 0 Å². The summed E-state index contributed by atoms with van der Waals surface area (Å²) in [6.07, 6.45) is 3.97. The Bertz CT molecular complexity index is 163. The number of unbranched alkanes of at least 4 members (excludes halogenated alkanes) is 1. The molecule has 1 heteroatoms. The summed E-state index contributed by atoms with van der Waals surface area (Å²) in [6, 6.07) is 0. The van der Waals surface area contributed by atoms with Gasteiger partial charge in [0.05, 0.1) is 0 Å². The number of nitrogens with one attached hydrogen (secondary N) is 1. The molecule has 0 spiro atoms. The standard InChI is InChI=1S/C14H31N/c1-12(2)14(6,7)15-11-9-8-10-13(3,4)5/h12,15H,8-11H2,1-7H3. The number of rotatable bonds is 6. The minimum Gasteiger partial charge on any atom is -0.312 e. The van der Waals surface area contributed by atoms with Gasteiger partial charge in [0.2, 0.25) is 0 Å². The Labute approximate surface area is 97.0 Å². The predicted molar refractivity (Wildman–Crippen MR) is 70.2 cm³/mol. The molecule has 1 nitrogen and oxygen atoms in total. The number of hydrogen-bond donors (Lipinski definition) is 1. The first-order valence-electron chi connectivity index (χ1n) is 6.40. The van der Waals surface area contributed by atoms with Gasteiger partial charge in [-0.05, 0) is 44.6 Å². The third kappa shape index (κ3) is 7.84. The van der Waals surface area contributed by atoms with Crippen LogP contribution in [0.1, 0.15) is 67.7 Å². The van der Waals surface area contributed by atoms with E-state index in [0.717, 1.165) is 6.54 Å². The lowest BCUT2D eigenvalue weighted by atomic mass is 9.89. The summed E-state index contributed by atoms with van der Waals surface area (Å²) in [4.78, 5) is 0. The van der Waals surface area contributed by atoms with Crippen LogP contribution in [-0.4, -0.2) is 12.1 Å². The normalized spacial score (nSPS) is 13.6. The van der Waals surface area contributed by atoms with Crippen molar-refractivity contribution in [1.29, 1.82) is 0 Å². The molecule has 0 saturated carbocycles. The molecule has 0 aliphatic heterocycles. The molecule has 0 fully saturated rings. The van der Waals surface area contributed by atoms with Crippen LogP contribution in [0.3, 0.4) is 0 Å². The minimum absolute atomic E-state index is 0.279. The average Bonchev–Trinajstić information content (AvgIpc) is 2.00. The molecule has 0 rings (SSSR count). The molecule has 0 bridgehead atoms. The van der Waals surface area contributed by atoms with Crippen LogP contribution in [0.15, 0.2) is 0 Å². The van der Waals surface area contributed by atoms with Crippen molar-refractivity contribution < 1.29 is 0 Å². The van der Waals surface area contributed by atoms with Gasteiger partial charge in [-0.2, -0.15) is 0 Å². The fourth-order valence-corrected chi connectivity index (χ4v) is 1.40. The summed E-state index contributed by atoms with van der Waals surface area (Å²) >= 11 is 0. The molecule has 0 aliphatic rings. The van der Waals surface area contributed by atoms with Crippen molar-refractivity contribution in [2.75, 3.05) is 6.54 Å². The van der Waals surface area contributed by atoms with Crippen LogP contribution >= 0.6 is 0 Å². The van der Waals surface area contributed by atoms with Gasteiger partial charge in [-0.3, -0.25) is 0 Å². The first kappa shape index (κ1) is 15.0. The number of hydrogen-bond acceptors (Lipinski definition) is 1. The van der Waals surface area contributed by atoms with E-state index < -0.39 is 0 Å². The highest BCUT2D eigenvalue weighted by Crippen LogP contribution is 2.21. The highest BCUT2D eigenvalue weighted by atomic mass is 15.0. The van der Waals surface area contributed by atoms with Gasteiger partial charge in [-0.25, -0.2) is 0 Å². The molecule has 0 atom stereocenters. The van der Waals surface area contributed by atoms with Gasteiger partial charge in [-0.1, -0.05) is 41.0 Å². The van der Waals surface area contributed by atoms with E-state index in [2.05, 4.69) is 53.8 Å². The Kier molecular flexibility index (Phi) is 5.87. The first-order valence-corrected chi connectivity index (χ1v) is 6.40. The molecule has 0 aromatic rings. The topological polar surface area (TPSA) is 12.0 Å². The minimum atomic E-state index is 0.279. The first-order chi connectivity index (χ1) is 6.65. The average molecular weight is 213 g/mol. The Morgan fingerprint density at radius 1 is 0.933 bits per heavy atom. The molecule has 0 saturated heterocycles. The van der Waals surface area contributed by atoms with Crippen LogP contribution in [0, 0.1) is 11.3 Å². The van der Waals surface area contributed by atoms with Crippen molar-refractivity contribution >= 4 is 0 Å². The zero-order valence-corrected chi connectivity index (χ0v) is 11.9. The highest BCUT2D eigenvalue weighted by Gasteiger charge is 2.20. The van der Waals surface area contributed by atoms with E-state index in [0.29, 0.717) is 11.3 Å². The Morgan fingerprint density at radius 3 is 1.87 bits per heavy atom. The van der Waals surface area contributed by atoms with Gasteiger partial charge in [-0.15, -0.1) is 0 Å². The molecule has 0 radical (unpaired) electrons. The summed E-state index contributed by atoms with van der Waals surface area (Å²) in [5, 5.41) is 3.64. The van der Waals surface area contributed by atoms with Crippen LogP contribution in [0.4, 0.5) is 0 Å². The Hall–Kier alpha value is -0.0400. The smallest absolute Gasteiger partial charge is 0.0148 e. The molecule has 0 heterocycles. The SMILES string of the molecule is CC(C)C(C)(C)NCCCCC(C)(C)C. The summed E-state index contributed by atoms with van der Waals surface area (Å²) in [7, 11) is 0. The van der Waals surface area contributed by atoms with E-state index in [1.807, 2.05) is 0 Å². The zero-order valence-electron chi connectivity index (χ0n) is 11.9. The molecule has 0 aromatic carbocycles. The second-order valence-electron chi connectivity index (χ2n) is 6.82. The summed E-state index contributed by atoms with van der Waals surface area (Å²) < 4.78 is 0. The zero-order chi connectivity index (χ0) is 12.1. The van der Waals surface area contributed by atoms with Crippen molar-refractivity contribution in [1.82, 2.24) is 5.32 Å². The second kappa shape index (κ2) is 5.89. The maximum absolute atomic E-state index is 3.64. The van der Waals surface area contributed by atoms with E-state index in [1.165, 1.54) is 19.3 Å². The second-order valence-corrected chi connectivity index (χ2v) is 6.82. The largest absolute Gasteiger partial charge is 0.312 e. The molecular formula is C14H31N. The highest BCUT2D eigenvalue weighted by molar-refractivity contribution is 4.80. The lowest BCUT2D eigenvalue weighted by molar-refractivity contribution is 0.281. The van der Waals surface area contributed by atoms with Gasteiger partial charge in [0.1, 0.15) is 0 Å². The quantitative estimate of drug-likeness (QED) is 0.651. The van der Waals surface area contributed by atoms with E-state index in [1.54, 1.807) is 0 Å². The lowest BCUT2D eigenvalue weighted by Gasteiger charge is -2.31. The van der Waals surface area contributed by atoms with Crippen molar-refractivity contribution in [3.63, 3.8) is 0 Å². The van der Waals surface area contributed by atoms with Crippen LogP contribution in [0.5, 0.6) is 0 Å². The lowest BCUT2D eigenvalue weighted by Crippen LogP contribution is -2.44. The van der Waals surface area contributed by atoms with Gasteiger partial charge in [0.25, 0.3) is 0 Å². The molecule has 92 valence electrons. The molecular weight excluding hydrogens is 182 g/mol. The van der Waals surface area contributed by atoms with Gasteiger partial charge in [0, 0.05) is 5.54 Å². The van der Waals surface area contributed by atoms with Crippen molar-refractivity contribution in [3.8, 4) is 0 Å². The van der Waals surface area contributed by atoms with Crippen LogP contribution in [0.25, 0.3) is 0 Å².